The highest BCUT2D eigenvalue weighted by Gasteiger charge is 2.17. The average molecular weight is 364 g/mol. The molecule has 0 saturated carbocycles. The van der Waals surface area contributed by atoms with Crippen LogP contribution in [-0.4, -0.2) is 41.9 Å². The Balaban J connectivity index is 2.75. The van der Waals surface area contributed by atoms with Crippen LogP contribution < -0.4 is 16.0 Å². The number of anilines is 1. The van der Waals surface area contributed by atoms with Crippen LogP contribution in [0.1, 0.15) is 38.8 Å². The number of aryl methyl sites for hydroxylation is 1. The van der Waals surface area contributed by atoms with Crippen molar-refractivity contribution >= 4 is 23.8 Å². The normalized spacial score (nSPS) is 11.7. The van der Waals surface area contributed by atoms with E-state index in [9.17, 15) is 9.59 Å². The van der Waals surface area contributed by atoms with Crippen molar-refractivity contribution in [2.24, 2.45) is 4.99 Å². The number of ether oxygens (including phenoxy) is 1. The lowest BCUT2D eigenvalue weighted by Crippen LogP contribution is -2.40. The molecule has 4 N–H and O–H groups in total. The molecule has 26 heavy (non-hydrogen) atoms. The summed E-state index contributed by atoms with van der Waals surface area (Å²) in [4.78, 5) is 26.7. The van der Waals surface area contributed by atoms with Gasteiger partial charge in [0.1, 0.15) is 5.60 Å². The number of carbonyl (C=O) groups excluding carboxylic acids is 1. The molecule has 1 rings (SSSR count). The van der Waals surface area contributed by atoms with E-state index < -0.39 is 17.8 Å². The fraction of sp³-hybridized carbons (Fsp3) is 0.500. The number of nitrogens with zero attached hydrogens (tertiary/aromatic N) is 1. The summed E-state index contributed by atoms with van der Waals surface area (Å²) in [5.74, 6) is 0.310. The number of guanidine groups is 1. The molecule has 0 aromatic heterocycles. The van der Waals surface area contributed by atoms with Crippen molar-refractivity contribution in [2.45, 2.75) is 46.6 Å². The van der Waals surface area contributed by atoms with Gasteiger partial charge in [-0.25, -0.2) is 9.59 Å². The van der Waals surface area contributed by atoms with Crippen molar-refractivity contribution in [3.05, 3.63) is 29.3 Å². The zero-order valence-electron chi connectivity index (χ0n) is 16.0. The van der Waals surface area contributed by atoms with Gasteiger partial charge in [-0.15, -0.1) is 0 Å². The maximum Gasteiger partial charge on any atom is 0.414 e. The van der Waals surface area contributed by atoms with Gasteiger partial charge in [0.25, 0.3) is 0 Å². The van der Waals surface area contributed by atoms with E-state index in [1.807, 2.05) is 32.0 Å². The second kappa shape index (κ2) is 9.65. The van der Waals surface area contributed by atoms with E-state index >= 15 is 0 Å². The SMILES string of the molecule is CCN=C(NC(=O)OC(C)(C)C)Nc1ccc(CCNC(=O)O)cc1C. The topological polar surface area (TPSA) is 112 Å². The summed E-state index contributed by atoms with van der Waals surface area (Å²) in [7, 11) is 0. The lowest BCUT2D eigenvalue weighted by atomic mass is 10.1. The van der Waals surface area contributed by atoms with E-state index in [1.54, 1.807) is 20.8 Å². The van der Waals surface area contributed by atoms with Gasteiger partial charge in [-0.05, 0) is 58.2 Å². The maximum atomic E-state index is 11.9. The highest BCUT2D eigenvalue weighted by atomic mass is 16.6. The van der Waals surface area contributed by atoms with Crippen LogP contribution in [0.15, 0.2) is 23.2 Å². The summed E-state index contributed by atoms with van der Waals surface area (Å²) in [5.41, 5.74) is 2.16. The van der Waals surface area contributed by atoms with Gasteiger partial charge in [0.2, 0.25) is 5.96 Å². The molecule has 1 aromatic carbocycles. The fourth-order valence-corrected chi connectivity index (χ4v) is 2.13. The first-order valence-corrected chi connectivity index (χ1v) is 8.48. The molecule has 0 aliphatic heterocycles. The quantitative estimate of drug-likeness (QED) is 0.474. The summed E-state index contributed by atoms with van der Waals surface area (Å²) in [6.45, 7) is 10.0. The van der Waals surface area contributed by atoms with Crippen molar-refractivity contribution < 1.29 is 19.4 Å². The number of alkyl carbamates (subject to hydrolysis) is 1. The van der Waals surface area contributed by atoms with Crippen LogP contribution in [0.3, 0.4) is 0 Å². The van der Waals surface area contributed by atoms with Crippen molar-refractivity contribution in [3.8, 4) is 0 Å². The van der Waals surface area contributed by atoms with E-state index in [-0.39, 0.29) is 0 Å². The van der Waals surface area contributed by atoms with Crippen LogP contribution in [0.2, 0.25) is 0 Å². The van der Waals surface area contributed by atoms with Crippen LogP contribution in [0.5, 0.6) is 0 Å². The molecule has 8 heteroatoms. The standard InChI is InChI=1S/C18H28N4O4/c1-6-19-15(22-17(25)26-18(3,4)5)21-14-8-7-13(11-12(14)2)9-10-20-16(23)24/h7-8,11,20H,6,9-10H2,1-5H3,(H,23,24)(H2,19,21,22,25). The van der Waals surface area contributed by atoms with Crippen molar-refractivity contribution in [2.75, 3.05) is 18.4 Å². The van der Waals surface area contributed by atoms with Gasteiger partial charge < -0.3 is 20.5 Å². The van der Waals surface area contributed by atoms with E-state index in [0.717, 1.165) is 16.8 Å². The number of amides is 2. The first-order chi connectivity index (χ1) is 12.1. The number of benzene rings is 1. The number of hydrogen-bond donors (Lipinski definition) is 4. The molecule has 2 amide bonds. The smallest absolute Gasteiger partial charge is 0.414 e. The van der Waals surface area contributed by atoms with Crippen LogP contribution in [-0.2, 0) is 11.2 Å². The lowest BCUT2D eigenvalue weighted by Gasteiger charge is -2.20. The molecule has 0 fully saturated rings. The van der Waals surface area contributed by atoms with Crippen molar-refractivity contribution in [1.82, 2.24) is 10.6 Å². The molecule has 0 atom stereocenters. The molecule has 0 radical (unpaired) electrons. The molecule has 0 saturated heterocycles. The minimum absolute atomic E-state index is 0.310. The number of rotatable bonds is 5. The van der Waals surface area contributed by atoms with E-state index in [0.29, 0.717) is 25.5 Å². The molecule has 0 unspecified atom stereocenters. The molecule has 0 aliphatic carbocycles. The van der Waals surface area contributed by atoms with Crippen molar-refractivity contribution in [3.63, 3.8) is 0 Å². The van der Waals surface area contributed by atoms with Gasteiger partial charge in [-0.2, -0.15) is 0 Å². The molecular weight excluding hydrogens is 336 g/mol. The number of carbonyl (C=O) groups is 2. The Hall–Kier alpha value is -2.77. The molecule has 0 aliphatic rings. The molecule has 0 spiro atoms. The Morgan fingerprint density at radius 2 is 1.96 bits per heavy atom. The highest BCUT2D eigenvalue weighted by molar-refractivity contribution is 6.02. The van der Waals surface area contributed by atoms with Crippen LogP contribution >= 0.6 is 0 Å². The summed E-state index contributed by atoms with van der Waals surface area (Å²) >= 11 is 0. The molecule has 0 heterocycles. The lowest BCUT2D eigenvalue weighted by molar-refractivity contribution is 0.0563. The van der Waals surface area contributed by atoms with Gasteiger partial charge in [0.15, 0.2) is 0 Å². The molecule has 1 aromatic rings. The highest BCUT2D eigenvalue weighted by Crippen LogP contribution is 2.17. The largest absolute Gasteiger partial charge is 0.465 e. The van der Waals surface area contributed by atoms with Gasteiger partial charge in [-0.1, -0.05) is 12.1 Å². The summed E-state index contributed by atoms with van der Waals surface area (Å²) in [5, 5.41) is 16.6. The maximum absolute atomic E-state index is 11.9. The Bertz CT molecular complexity index is 666. The predicted molar refractivity (Wildman–Crippen MR) is 102 cm³/mol. The van der Waals surface area contributed by atoms with Gasteiger partial charge in [0.05, 0.1) is 0 Å². The zero-order chi connectivity index (χ0) is 19.7. The molecule has 8 nitrogen and oxygen atoms in total. The first kappa shape index (κ1) is 21.3. The summed E-state index contributed by atoms with van der Waals surface area (Å²) in [6.07, 6.45) is -1.01. The summed E-state index contributed by atoms with van der Waals surface area (Å²) < 4.78 is 5.24. The third kappa shape index (κ3) is 8.36. The summed E-state index contributed by atoms with van der Waals surface area (Å²) in [6, 6.07) is 5.73. The fourth-order valence-electron chi connectivity index (χ4n) is 2.13. The van der Waals surface area contributed by atoms with Gasteiger partial charge in [0, 0.05) is 18.8 Å². The Kier molecular flexibility index (Phi) is 7.89. The Labute approximate surface area is 154 Å². The number of aliphatic imine (C=N–C) groups is 1. The van der Waals surface area contributed by atoms with E-state index in [2.05, 4.69) is 20.9 Å². The molecule has 144 valence electrons. The minimum Gasteiger partial charge on any atom is -0.465 e. The Morgan fingerprint density at radius 3 is 2.50 bits per heavy atom. The van der Waals surface area contributed by atoms with Gasteiger partial charge >= 0.3 is 12.2 Å². The van der Waals surface area contributed by atoms with Gasteiger partial charge in [-0.3, -0.25) is 10.3 Å². The molecule has 0 bridgehead atoms. The second-order valence-electron chi connectivity index (χ2n) is 6.71. The van der Waals surface area contributed by atoms with E-state index in [1.165, 1.54) is 0 Å². The zero-order valence-corrected chi connectivity index (χ0v) is 16.0. The van der Waals surface area contributed by atoms with Crippen LogP contribution in [0.25, 0.3) is 0 Å². The minimum atomic E-state index is -1.03. The average Bonchev–Trinajstić information content (AvgIpc) is 2.47. The monoisotopic (exact) mass is 364 g/mol. The Morgan fingerprint density at radius 1 is 1.27 bits per heavy atom. The molecular formula is C18H28N4O4. The second-order valence-corrected chi connectivity index (χ2v) is 6.71. The number of carboxylic acid groups (broad SMARTS) is 1. The predicted octanol–water partition coefficient (Wildman–Crippen LogP) is 3.12. The van der Waals surface area contributed by atoms with Crippen LogP contribution in [0, 0.1) is 6.92 Å². The van der Waals surface area contributed by atoms with Crippen molar-refractivity contribution in [1.29, 1.82) is 0 Å². The third-order valence-electron chi connectivity index (χ3n) is 3.17. The van der Waals surface area contributed by atoms with Crippen LogP contribution in [0.4, 0.5) is 15.3 Å². The number of nitrogens with one attached hydrogen (secondary N) is 3. The number of hydrogen-bond acceptors (Lipinski definition) is 4. The first-order valence-electron chi connectivity index (χ1n) is 8.48. The third-order valence-corrected chi connectivity index (χ3v) is 3.17. The van der Waals surface area contributed by atoms with E-state index in [4.69, 9.17) is 9.84 Å².